The van der Waals surface area contributed by atoms with Gasteiger partial charge in [-0.3, -0.25) is 14.7 Å². The second-order valence-electron chi connectivity index (χ2n) is 5.54. The van der Waals surface area contributed by atoms with Gasteiger partial charge in [-0.2, -0.15) is 0 Å². The first kappa shape index (κ1) is 13.5. The van der Waals surface area contributed by atoms with Crippen LogP contribution in [0, 0.1) is 6.92 Å². The highest BCUT2D eigenvalue weighted by Crippen LogP contribution is 2.24. The van der Waals surface area contributed by atoms with Crippen LogP contribution in [0.3, 0.4) is 0 Å². The Hall–Kier alpha value is -1.53. The molecule has 3 rings (SSSR count). The van der Waals surface area contributed by atoms with E-state index in [0.717, 1.165) is 38.3 Å². The van der Waals surface area contributed by atoms with Gasteiger partial charge in [0.1, 0.15) is 5.69 Å². The van der Waals surface area contributed by atoms with Crippen molar-refractivity contribution in [1.29, 1.82) is 0 Å². The van der Waals surface area contributed by atoms with Crippen molar-refractivity contribution in [2.75, 3.05) is 33.3 Å². The molecule has 0 unspecified atom stereocenters. The number of aromatic nitrogens is 2. The summed E-state index contributed by atoms with van der Waals surface area (Å²) in [7, 11) is 1.76. The topological polar surface area (TPSA) is 58.6 Å². The quantitative estimate of drug-likeness (QED) is 0.779. The maximum absolute atomic E-state index is 12.4. The number of methoxy groups -OCH3 is 1. The van der Waals surface area contributed by atoms with Crippen molar-refractivity contribution in [2.24, 2.45) is 0 Å². The van der Waals surface area contributed by atoms with Crippen LogP contribution in [0.25, 0.3) is 0 Å². The zero-order valence-corrected chi connectivity index (χ0v) is 12.0. The molecule has 0 aromatic carbocycles. The zero-order chi connectivity index (χ0) is 14.1. The molecule has 0 aliphatic carbocycles. The molecule has 1 amide bonds. The van der Waals surface area contributed by atoms with Crippen LogP contribution >= 0.6 is 0 Å². The van der Waals surface area contributed by atoms with Crippen molar-refractivity contribution in [1.82, 2.24) is 19.8 Å². The highest BCUT2D eigenvalue weighted by Gasteiger charge is 2.37. The summed E-state index contributed by atoms with van der Waals surface area (Å²) in [4.78, 5) is 25.1. The van der Waals surface area contributed by atoms with Gasteiger partial charge in [-0.15, -0.1) is 0 Å². The lowest BCUT2D eigenvalue weighted by Crippen LogP contribution is -2.52. The molecule has 2 aliphatic heterocycles. The molecule has 2 aliphatic rings. The number of amides is 1. The van der Waals surface area contributed by atoms with E-state index in [1.54, 1.807) is 19.5 Å². The minimum Gasteiger partial charge on any atom is -0.380 e. The summed E-state index contributed by atoms with van der Waals surface area (Å²) < 4.78 is 5.43. The Morgan fingerprint density at radius 1 is 1.30 bits per heavy atom. The van der Waals surface area contributed by atoms with Gasteiger partial charge < -0.3 is 9.64 Å². The number of piperazine rings is 1. The van der Waals surface area contributed by atoms with E-state index >= 15 is 0 Å². The molecule has 2 fully saturated rings. The second kappa shape index (κ2) is 5.46. The van der Waals surface area contributed by atoms with Gasteiger partial charge in [0.15, 0.2) is 0 Å². The van der Waals surface area contributed by atoms with Gasteiger partial charge in [0.2, 0.25) is 0 Å². The first-order chi connectivity index (χ1) is 9.67. The predicted octanol–water partition coefficient (Wildman–Crippen LogP) is 0.330. The summed E-state index contributed by atoms with van der Waals surface area (Å²) in [5.74, 6) is -0.0157. The standard InChI is InChI=1S/C14H20N4O2/c1-10-6-16-13(7-15-10)14(19)18-4-3-17-9-12(20-2)5-11(17)8-18/h6-7,11-12H,3-5,8-9H2,1-2H3/t11-,12+/m0/s1. The fraction of sp³-hybridized carbons (Fsp3) is 0.643. The van der Waals surface area contributed by atoms with E-state index in [1.807, 2.05) is 11.8 Å². The van der Waals surface area contributed by atoms with Crippen LogP contribution in [0.4, 0.5) is 0 Å². The number of ether oxygens (including phenoxy) is 1. The van der Waals surface area contributed by atoms with Crippen LogP contribution in [0.15, 0.2) is 12.4 Å². The predicted molar refractivity (Wildman–Crippen MR) is 73.4 cm³/mol. The van der Waals surface area contributed by atoms with E-state index in [-0.39, 0.29) is 5.91 Å². The lowest BCUT2D eigenvalue weighted by atomic mass is 10.1. The smallest absolute Gasteiger partial charge is 0.274 e. The SMILES string of the molecule is CO[C@@H]1C[C@H]2CN(C(=O)c3cnc(C)cn3)CCN2C1. The minimum atomic E-state index is -0.0157. The monoisotopic (exact) mass is 276 g/mol. The van der Waals surface area contributed by atoms with Crippen LogP contribution in [0.1, 0.15) is 22.6 Å². The molecule has 108 valence electrons. The third kappa shape index (κ3) is 2.53. The Bertz CT molecular complexity index is 490. The Morgan fingerprint density at radius 3 is 2.85 bits per heavy atom. The molecule has 2 atom stereocenters. The molecule has 0 radical (unpaired) electrons. The highest BCUT2D eigenvalue weighted by atomic mass is 16.5. The van der Waals surface area contributed by atoms with Crippen LogP contribution in [0.5, 0.6) is 0 Å². The second-order valence-corrected chi connectivity index (χ2v) is 5.54. The molecule has 3 heterocycles. The highest BCUT2D eigenvalue weighted by molar-refractivity contribution is 5.92. The van der Waals surface area contributed by atoms with Crippen LogP contribution in [-0.2, 0) is 4.74 Å². The summed E-state index contributed by atoms with van der Waals surface area (Å²) in [5, 5.41) is 0. The molecule has 6 heteroatoms. The van der Waals surface area contributed by atoms with Gasteiger partial charge in [-0.1, -0.05) is 0 Å². The molecule has 0 saturated carbocycles. The van der Waals surface area contributed by atoms with Crippen molar-refractivity contribution in [2.45, 2.75) is 25.5 Å². The maximum Gasteiger partial charge on any atom is 0.274 e. The van der Waals surface area contributed by atoms with E-state index in [4.69, 9.17) is 4.74 Å². The third-order valence-electron chi connectivity index (χ3n) is 4.20. The molecule has 6 nitrogen and oxygen atoms in total. The van der Waals surface area contributed by atoms with Gasteiger partial charge in [0, 0.05) is 45.5 Å². The molecular formula is C14H20N4O2. The van der Waals surface area contributed by atoms with E-state index in [1.165, 1.54) is 0 Å². The first-order valence-corrected chi connectivity index (χ1v) is 7.02. The van der Waals surface area contributed by atoms with Gasteiger partial charge in [0.25, 0.3) is 5.91 Å². The Morgan fingerprint density at radius 2 is 2.15 bits per heavy atom. The van der Waals surface area contributed by atoms with Crippen LogP contribution in [0.2, 0.25) is 0 Å². The number of carbonyl (C=O) groups is 1. The Labute approximate surface area is 118 Å². The van der Waals surface area contributed by atoms with Crippen molar-refractivity contribution in [3.63, 3.8) is 0 Å². The van der Waals surface area contributed by atoms with E-state index in [0.29, 0.717) is 17.8 Å². The fourth-order valence-electron chi connectivity index (χ4n) is 3.02. The molecular weight excluding hydrogens is 256 g/mol. The van der Waals surface area contributed by atoms with Crippen molar-refractivity contribution in [3.8, 4) is 0 Å². The minimum absolute atomic E-state index is 0.0157. The number of aryl methyl sites for hydroxylation is 1. The van der Waals surface area contributed by atoms with E-state index in [2.05, 4.69) is 14.9 Å². The summed E-state index contributed by atoms with van der Waals surface area (Å²) in [6, 6.07) is 0.413. The largest absolute Gasteiger partial charge is 0.380 e. The van der Waals surface area contributed by atoms with Crippen molar-refractivity contribution in [3.05, 3.63) is 23.8 Å². The molecule has 1 aromatic heterocycles. The number of hydrogen-bond acceptors (Lipinski definition) is 5. The Balaban J connectivity index is 1.67. The van der Waals surface area contributed by atoms with Gasteiger partial charge >= 0.3 is 0 Å². The lowest BCUT2D eigenvalue weighted by Gasteiger charge is -2.37. The molecule has 0 N–H and O–H groups in total. The summed E-state index contributed by atoms with van der Waals surface area (Å²) in [6.07, 6.45) is 4.51. The number of hydrogen-bond donors (Lipinski definition) is 0. The molecule has 20 heavy (non-hydrogen) atoms. The number of rotatable bonds is 2. The summed E-state index contributed by atoms with van der Waals surface area (Å²) in [6.45, 7) is 5.27. The molecule has 0 spiro atoms. The normalized spacial score (nSPS) is 26.6. The molecule has 2 saturated heterocycles. The van der Waals surface area contributed by atoms with Crippen LogP contribution in [-0.4, -0.2) is 71.1 Å². The number of nitrogens with zero attached hydrogens (tertiary/aromatic N) is 4. The van der Waals surface area contributed by atoms with Gasteiger partial charge in [-0.05, 0) is 13.3 Å². The third-order valence-corrected chi connectivity index (χ3v) is 4.20. The van der Waals surface area contributed by atoms with Gasteiger partial charge in [-0.25, -0.2) is 4.98 Å². The van der Waals surface area contributed by atoms with Crippen molar-refractivity contribution < 1.29 is 9.53 Å². The number of carbonyl (C=O) groups excluding carboxylic acids is 1. The first-order valence-electron chi connectivity index (χ1n) is 7.02. The van der Waals surface area contributed by atoms with Crippen LogP contribution < -0.4 is 0 Å². The Kier molecular flexibility index (Phi) is 3.67. The zero-order valence-electron chi connectivity index (χ0n) is 12.0. The van der Waals surface area contributed by atoms with E-state index < -0.39 is 0 Å². The molecule has 0 bridgehead atoms. The molecule has 1 aromatic rings. The van der Waals surface area contributed by atoms with E-state index in [9.17, 15) is 4.79 Å². The van der Waals surface area contributed by atoms with Gasteiger partial charge in [0.05, 0.1) is 18.0 Å². The average molecular weight is 276 g/mol. The average Bonchev–Trinajstić information content (AvgIpc) is 2.89. The summed E-state index contributed by atoms with van der Waals surface area (Å²) in [5.41, 5.74) is 1.26. The number of fused-ring (bicyclic) bond motifs is 1. The lowest BCUT2D eigenvalue weighted by molar-refractivity contribution is 0.0560. The fourth-order valence-corrected chi connectivity index (χ4v) is 3.02. The maximum atomic E-state index is 12.4. The van der Waals surface area contributed by atoms with Crippen molar-refractivity contribution >= 4 is 5.91 Å². The summed E-state index contributed by atoms with van der Waals surface area (Å²) >= 11 is 0.